The molecule has 324 valence electrons. The van der Waals surface area contributed by atoms with Crippen molar-refractivity contribution in [1.29, 1.82) is 0 Å². The summed E-state index contributed by atoms with van der Waals surface area (Å²) in [5.41, 5.74) is 18.4. The smallest absolute Gasteiger partial charge is 0.238 e. The highest BCUT2D eigenvalue weighted by Gasteiger charge is 2.36. The van der Waals surface area contributed by atoms with E-state index in [-0.39, 0.29) is 5.41 Å². The Morgan fingerprint density at radius 3 is 1.42 bits per heavy atom. The lowest BCUT2D eigenvalue weighted by molar-refractivity contribution is 0.661. The van der Waals surface area contributed by atoms with Gasteiger partial charge in [-0.15, -0.1) is 0 Å². The van der Waals surface area contributed by atoms with Gasteiger partial charge in [0.25, 0.3) is 0 Å². The molecular weight excluding hydrogens is 813 g/mol. The predicted molar refractivity (Wildman–Crippen MR) is 281 cm³/mol. The van der Waals surface area contributed by atoms with Crippen LogP contribution in [0.1, 0.15) is 41.7 Å². The molecule has 0 atom stereocenters. The number of fused-ring (bicyclic) bond motifs is 6. The molecule has 67 heavy (non-hydrogen) atoms. The van der Waals surface area contributed by atoms with Crippen molar-refractivity contribution in [2.75, 3.05) is 0 Å². The second-order valence-corrected chi connectivity index (χ2v) is 17.9. The van der Waals surface area contributed by atoms with Crippen LogP contribution in [0.15, 0.2) is 224 Å². The van der Waals surface area contributed by atoms with Gasteiger partial charge in [-0.2, -0.15) is 9.97 Å². The Labute approximate surface area is 394 Å². The van der Waals surface area contributed by atoms with E-state index >= 15 is 0 Å². The first-order valence-electron chi connectivity index (χ1n) is 23.0. The van der Waals surface area contributed by atoms with Gasteiger partial charge >= 0.3 is 0 Å². The number of aryl methyl sites for hydroxylation is 3. The zero-order chi connectivity index (χ0) is 45.9. The van der Waals surface area contributed by atoms with Crippen molar-refractivity contribution in [3.8, 4) is 62.1 Å². The molecular formula is C63H52N4. The fourth-order valence-electron chi connectivity index (χ4n) is 9.33. The summed E-state index contributed by atoms with van der Waals surface area (Å²) in [7, 11) is 0. The SMILES string of the molecule is Cc1ccc(-c2ccccc2)cc1.Cc1ccc2c(c1)c1cc3c(cc1n2-c1nc(-c2ccccc2)nc(-c2ccccc2)n1)C(C)(C)c1ccccc1-3.Cc1ccccc1-c1ccccc1. The Balaban J connectivity index is 0.000000163. The molecule has 0 unspecified atom stereocenters. The molecule has 1 aliphatic carbocycles. The summed E-state index contributed by atoms with van der Waals surface area (Å²) >= 11 is 0. The molecule has 0 aliphatic heterocycles. The van der Waals surface area contributed by atoms with Crippen molar-refractivity contribution in [2.45, 2.75) is 40.0 Å². The van der Waals surface area contributed by atoms with Gasteiger partial charge in [-0.1, -0.05) is 225 Å². The fourth-order valence-corrected chi connectivity index (χ4v) is 9.33. The minimum absolute atomic E-state index is 0.110. The lowest BCUT2D eigenvalue weighted by atomic mass is 9.82. The number of benzene rings is 9. The van der Waals surface area contributed by atoms with Crippen LogP contribution < -0.4 is 0 Å². The van der Waals surface area contributed by atoms with Crippen LogP contribution in [0.3, 0.4) is 0 Å². The predicted octanol–water partition coefficient (Wildman–Crippen LogP) is 16.2. The summed E-state index contributed by atoms with van der Waals surface area (Å²) in [5.74, 6) is 1.94. The summed E-state index contributed by atoms with van der Waals surface area (Å²) in [6.45, 7) is 11.0. The topological polar surface area (TPSA) is 43.6 Å². The van der Waals surface area contributed by atoms with E-state index < -0.39 is 0 Å². The quantitative estimate of drug-likeness (QED) is 0.173. The molecule has 0 fully saturated rings. The van der Waals surface area contributed by atoms with Crippen LogP contribution in [0.5, 0.6) is 0 Å². The summed E-state index contributed by atoms with van der Waals surface area (Å²) < 4.78 is 2.23. The van der Waals surface area contributed by atoms with Crippen LogP contribution in [0.25, 0.3) is 83.9 Å². The molecule has 0 amide bonds. The molecule has 0 spiro atoms. The fraction of sp³-hybridized carbons (Fsp3) is 0.0952. The van der Waals surface area contributed by atoms with Gasteiger partial charge in [0, 0.05) is 27.3 Å². The maximum absolute atomic E-state index is 5.10. The highest BCUT2D eigenvalue weighted by atomic mass is 15.2. The molecule has 4 heteroatoms. The van der Waals surface area contributed by atoms with E-state index in [9.17, 15) is 0 Å². The molecule has 0 saturated heterocycles. The minimum Gasteiger partial charge on any atom is -0.278 e. The Bertz CT molecular complexity index is 3430. The van der Waals surface area contributed by atoms with Crippen LogP contribution in [-0.2, 0) is 5.41 Å². The largest absolute Gasteiger partial charge is 0.278 e. The van der Waals surface area contributed by atoms with Crippen LogP contribution in [-0.4, -0.2) is 19.5 Å². The van der Waals surface area contributed by atoms with Crippen molar-refractivity contribution >= 4 is 21.8 Å². The van der Waals surface area contributed by atoms with E-state index in [1.807, 2.05) is 48.5 Å². The average molecular weight is 865 g/mol. The van der Waals surface area contributed by atoms with Gasteiger partial charge in [0.15, 0.2) is 11.6 Å². The summed E-state index contributed by atoms with van der Waals surface area (Å²) in [6.07, 6.45) is 0. The van der Waals surface area contributed by atoms with E-state index in [0.717, 1.165) is 22.2 Å². The van der Waals surface area contributed by atoms with Gasteiger partial charge in [0.05, 0.1) is 11.0 Å². The number of hydrogen-bond donors (Lipinski definition) is 0. The normalized spacial score (nSPS) is 12.1. The first-order valence-corrected chi connectivity index (χ1v) is 23.0. The molecule has 2 aromatic heterocycles. The van der Waals surface area contributed by atoms with E-state index in [0.29, 0.717) is 17.6 Å². The highest BCUT2D eigenvalue weighted by Crippen LogP contribution is 2.51. The van der Waals surface area contributed by atoms with Gasteiger partial charge in [-0.05, 0) is 95.1 Å². The number of rotatable bonds is 5. The molecule has 0 bridgehead atoms. The zero-order valence-corrected chi connectivity index (χ0v) is 38.7. The summed E-state index contributed by atoms with van der Waals surface area (Å²) in [5, 5.41) is 2.41. The first kappa shape index (κ1) is 42.7. The average Bonchev–Trinajstić information content (AvgIpc) is 3.81. The molecule has 1 aliphatic rings. The van der Waals surface area contributed by atoms with Crippen LogP contribution in [0.4, 0.5) is 0 Å². The lowest BCUT2D eigenvalue weighted by Gasteiger charge is -2.21. The van der Waals surface area contributed by atoms with Crippen LogP contribution >= 0.6 is 0 Å². The summed E-state index contributed by atoms with van der Waals surface area (Å²) in [6, 6.07) is 78.5. The maximum Gasteiger partial charge on any atom is 0.238 e. The zero-order valence-electron chi connectivity index (χ0n) is 38.7. The maximum atomic E-state index is 5.10. The van der Waals surface area contributed by atoms with Gasteiger partial charge in [0.1, 0.15) is 0 Å². The summed E-state index contributed by atoms with van der Waals surface area (Å²) in [4.78, 5) is 15.1. The molecule has 2 heterocycles. The Hall–Kier alpha value is -8.21. The van der Waals surface area contributed by atoms with Gasteiger partial charge in [-0.3, -0.25) is 4.57 Å². The number of aromatic nitrogens is 4. The number of hydrogen-bond acceptors (Lipinski definition) is 3. The monoisotopic (exact) mass is 864 g/mol. The molecule has 9 aromatic carbocycles. The van der Waals surface area contributed by atoms with Crippen molar-refractivity contribution in [1.82, 2.24) is 19.5 Å². The molecule has 0 saturated carbocycles. The third-order valence-corrected chi connectivity index (χ3v) is 12.9. The molecule has 12 rings (SSSR count). The van der Waals surface area contributed by atoms with Crippen molar-refractivity contribution < 1.29 is 0 Å². The molecule has 11 aromatic rings. The van der Waals surface area contributed by atoms with E-state index in [1.54, 1.807) is 0 Å². The third-order valence-electron chi connectivity index (χ3n) is 12.9. The molecule has 0 radical (unpaired) electrons. The number of nitrogens with zero attached hydrogens (tertiary/aromatic N) is 4. The van der Waals surface area contributed by atoms with Gasteiger partial charge in [0.2, 0.25) is 5.95 Å². The second kappa shape index (κ2) is 18.3. The molecule has 4 nitrogen and oxygen atoms in total. The Morgan fingerprint density at radius 1 is 0.343 bits per heavy atom. The van der Waals surface area contributed by atoms with Crippen molar-refractivity contribution in [2.24, 2.45) is 0 Å². The molecule has 0 N–H and O–H groups in total. The standard InChI is InChI=1S/C37H28N4.2C13H12/c1-23-18-19-32-28(20-23)29-21-27-26-16-10-11-17-30(26)37(2,3)31(27)22-33(29)41(32)36-39-34(24-12-6-4-7-13-24)38-35(40-36)25-14-8-5-9-15-25;1-11-7-5-6-10-13(11)12-8-3-2-4-9-12;1-11-7-9-13(10-8-11)12-5-3-2-4-6-12/h4-22H,1-3H3;2*2-10H,1H3. The van der Waals surface area contributed by atoms with E-state index in [1.165, 1.54) is 72.0 Å². The third kappa shape index (κ3) is 8.58. The van der Waals surface area contributed by atoms with Crippen molar-refractivity contribution in [3.63, 3.8) is 0 Å². The van der Waals surface area contributed by atoms with Crippen LogP contribution in [0, 0.1) is 20.8 Å². The van der Waals surface area contributed by atoms with Crippen LogP contribution in [0.2, 0.25) is 0 Å². The second-order valence-electron chi connectivity index (χ2n) is 17.9. The Morgan fingerprint density at radius 2 is 0.821 bits per heavy atom. The minimum atomic E-state index is -0.110. The van der Waals surface area contributed by atoms with Crippen molar-refractivity contribution in [3.05, 3.63) is 252 Å². The van der Waals surface area contributed by atoms with Gasteiger partial charge < -0.3 is 0 Å². The lowest BCUT2D eigenvalue weighted by Crippen LogP contribution is -2.15. The van der Waals surface area contributed by atoms with E-state index in [4.69, 9.17) is 15.0 Å². The highest BCUT2D eigenvalue weighted by molar-refractivity contribution is 6.11. The van der Waals surface area contributed by atoms with E-state index in [2.05, 4.69) is 215 Å². The Kier molecular flexibility index (Phi) is 11.7. The van der Waals surface area contributed by atoms with Gasteiger partial charge in [-0.25, -0.2) is 4.98 Å². The first-order chi connectivity index (χ1) is 32.7.